The SMILES string of the molecule is COC1/C=C\CC(COCc2ccccc2)CC(=O)C1. The first-order valence-electron chi connectivity index (χ1n) is 7.10. The number of methoxy groups -OCH3 is 1. The normalized spacial score (nSPS) is 24.9. The van der Waals surface area contributed by atoms with E-state index < -0.39 is 0 Å². The molecule has 1 aliphatic carbocycles. The van der Waals surface area contributed by atoms with Crippen LogP contribution in [0.3, 0.4) is 0 Å². The molecule has 0 saturated heterocycles. The summed E-state index contributed by atoms with van der Waals surface area (Å²) in [7, 11) is 1.64. The van der Waals surface area contributed by atoms with Crippen LogP contribution in [0, 0.1) is 5.92 Å². The molecule has 108 valence electrons. The van der Waals surface area contributed by atoms with E-state index in [0.717, 1.165) is 6.42 Å². The first-order valence-corrected chi connectivity index (χ1v) is 7.10. The molecule has 0 fully saturated rings. The zero-order valence-corrected chi connectivity index (χ0v) is 12.0. The van der Waals surface area contributed by atoms with Gasteiger partial charge in [0.2, 0.25) is 0 Å². The molecule has 3 heteroatoms. The molecule has 1 aliphatic rings. The minimum Gasteiger partial charge on any atom is -0.377 e. The van der Waals surface area contributed by atoms with E-state index >= 15 is 0 Å². The van der Waals surface area contributed by atoms with Crippen molar-refractivity contribution in [3.8, 4) is 0 Å². The number of benzene rings is 1. The van der Waals surface area contributed by atoms with Crippen LogP contribution >= 0.6 is 0 Å². The Bertz CT molecular complexity index is 439. The molecule has 0 spiro atoms. The Morgan fingerprint density at radius 3 is 2.75 bits per heavy atom. The Balaban J connectivity index is 1.79. The van der Waals surface area contributed by atoms with Gasteiger partial charge in [-0.3, -0.25) is 4.79 Å². The van der Waals surface area contributed by atoms with Gasteiger partial charge >= 0.3 is 0 Å². The third-order valence-corrected chi connectivity index (χ3v) is 3.53. The molecular formula is C17H22O3. The average Bonchev–Trinajstić information content (AvgIpc) is 2.44. The molecule has 2 rings (SSSR count). The van der Waals surface area contributed by atoms with Crippen LogP contribution in [0.15, 0.2) is 42.5 Å². The molecule has 0 bridgehead atoms. The number of carbonyl (C=O) groups is 1. The van der Waals surface area contributed by atoms with Crippen LogP contribution in [0.1, 0.15) is 24.8 Å². The Hall–Kier alpha value is -1.45. The Morgan fingerprint density at radius 2 is 2.00 bits per heavy atom. The van der Waals surface area contributed by atoms with Crippen LogP contribution in [-0.2, 0) is 20.9 Å². The fourth-order valence-electron chi connectivity index (χ4n) is 2.41. The number of ketones is 1. The van der Waals surface area contributed by atoms with Crippen molar-refractivity contribution in [1.29, 1.82) is 0 Å². The number of ether oxygens (including phenoxy) is 2. The van der Waals surface area contributed by atoms with Gasteiger partial charge in [-0.1, -0.05) is 42.5 Å². The summed E-state index contributed by atoms with van der Waals surface area (Å²) in [6.07, 6.45) is 5.97. The Morgan fingerprint density at radius 1 is 1.20 bits per heavy atom. The van der Waals surface area contributed by atoms with Crippen molar-refractivity contribution in [1.82, 2.24) is 0 Å². The predicted molar refractivity (Wildman–Crippen MR) is 78.4 cm³/mol. The fourth-order valence-corrected chi connectivity index (χ4v) is 2.41. The lowest BCUT2D eigenvalue weighted by Gasteiger charge is -2.19. The number of allylic oxidation sites excluding steroid dienone is 1. The van der Waals surface area contributed by atoms with Crippen molar-refractivity contribution < 1.29 is 14.3 Å². The topological polar surface area (TPSA) is 35.5 Å². The third-order valence-electron chi connectivity index (χ3n) is 3.53. The summed E-state index contributed by atoms with van der Waals surface area (Å²) in [5, 5.41) is 0. The zero-order valence-electron chi connectivity index (χ0n) is 12.0. The maximum Gasteiger partial charge on any atom is 0.136 e. The predicted octanol–water partition coefficient (Wildman–Crippen LogP) is 3.14. The van der Waals surface area contributed by atoms with E-state index in [1.807, 2.05) is 36.4 Å². The lowest BCUT2D eigenvalue weighted by molar-refractivity contribution is -0.122. The Kier molecular flexibility index (Phi) is 5.96. The molecule has 1 aromatic carbocycles. The summed E-state index contributed by atoms with van der Waals surface area (Å²) in [5.41, 5.74) is 1.17. The molecule has 1 aromatic rings. The lowest BCUT2D eigenvalue weighted by atomic mass is 9.93. The molecule has 0 heterocycles. The second-order valence-electron chi connectivity index (χ2n) is 5.25. The van der Waals surface area contributed by atoms with Crippen LogP contribution in [0.4, 0.5) is 0 Å². The average molecular weight is 274 g/mol. The van der Waals surface area contributed by atoms with Gasteiger partial charge < -0.3 is 9.47 Å². The van der Waals surface area contributed by atoms with Crippen LogP contribution in [0.25, 0.3) is 0 Å². The highest BCUT2D eigenvalue weighted by Crippen LogP contribution is 2.18. The minimum atomic E-state index is -0.0614. The minimum absolute atomic E-state index is 0.0614. The molecule has 2 atom stereocenters. The van der Waals surface area contributed by atoms with Crippen LogP contribution in [-0.4, -0.2) is 25.6 Å². The van der Waals surface area contributed by atoms with Gasteiger partial charge in [0.25, 0.3) is 0 Å². The molecule has 0 saturated carbocycles. The molecular weight excluding hydrogens is 252 g/mol. The third kappa shape index (κ3) is 4.91. The molecule has 0 aromatic heterocycles. The van der Waals surface area contributed by atoms with Crippen LogP contribution in [0.5, 0.6) is 0 Å². The summed E-state index contributed by atoms with van der Waals surface area (Å²) in [6, 6.07) is 10.1. The van der Waals surface area contributed by atoms with Gasteiger partial charge in [-0.2, -0.15) is 0 Å². The largest absolute Gasteiger partial charge is 0.377 e. The molecule has 0 aliphatic heterocycles. The van der Waals surface area contributed by atoms with E-state index in [1.54, 1.807) is 7.11 Å². The monoisotopic (exact) mass is 274 g/mol. The molecule has 2 unspecified atom stereocenters. The van der Waals surface area contributed by atoms with Crippen molar-refractivity contribution in [2.24, 2.45) is 5.92 Å². The van der Waals surface area contributed by atoms with Crippen molar-refractivity contribution in [3.63, 3.8) is 0 Å². The van der Waals surface area contributed by atoms with Crippen molar-refractivity contribution in [3.05, 3.63) is 48.0 Å². The summed E-state index contributed by atoms with van der Waals surface area (Å²) >= 11 is 0. The number of Topliss-reactive ketones (excluding diaryl/α,β-unsaturated/α-hetero) is 1. The second-order valence-corrected chi connectivity index (χ2v) is 5.25. The van der Waals surface area contributed by atoms with Crippen LogP contribution < -0.4 is 0 Å². The zero-order chi connectivity index (χ0) is 14.2. The fraction of sp³-hybridized carbons (Fsp3) is 0.471. The van der Waals surface area contributed by atoms with E-state index in [0.29, 0.717) is 26.1 Å². The van der Waals surface area contributed by atoms with E-state index in [4.69, 9.17) is 9.47 Å². The number of hydrogen-bond acceptors (Lipinski definition) is 3. The van der Waals surface area contributed by atoms with Crippen molar-refractivity contribution >= 4 is 5.78 Å². The van der Waals surface area contributed by atoms with Crippen molar-refractivity contribution in [2.45, 2.75) is 32.0 Å². The molecule has 3 nitrogen and oxygen atoms in total. The Labute approximate surface area is 120 Å². The molecule has 0 radical (unpaired) electrons. The van der Waals surface area contributed by atoms with E-state index in [2.05, 4.69) is 6.08 Å². The van der Waals surface area contributed by atoms with Gasteiger partial charge in [0.05, 0.1) is 19.3 Å². The van der Waals surface area contributed by atoms with Gasteiger partial charge in [-0.05, 0) is 17.9 Å². The summed E-state index contributed by atoms with van der Waals surface area (Å²) < 4.78 is 11.0. The summed E-state index contributed by atoms with van der Waals surface area (Å²) in [4.78, 5) is 11.9. The van der Waals surface area contributed by atoms with Gasteiger partial charge in [-0.15, -0.1) is 0 Å². The van der Waals surface area contributed by atoms with E-state index in [-0.39, 0.29) is 17.8 Å². The second kappa shape index (κ2) is 7.98. The number of carbonyl (C=O) groups excluding carboxylic acids is 1. The first-order chi connectivity index (χ1) is 9.78. The lowest BCUT2D eigenvalue weighted by Crippen LogP contribution is -2.21. The quantitative estimate of drug-likeness (QED) is 0.774. The molecule has 0 amide bonds. The van der Waals surface area contributed by atoms with Crippen LogP contribution in [0.2, 0.25) is 0 Å². The van der Waals surface area contributed by atoms with Gasteiger partial charge in [-0.25, -0.2) is 0 Å². The smallest absolute Gasteiger partial charge is 0.136 e. The number of rotatable bonds is 5. The molecule has 20 heavy (non-hydrogen) atoms. The molecule has 0 N–H and O–H groups in total. The van der Waals surface area contributed by atoms with E-state index in [9.17, 15) is 4.79 Å². The highest BCUT2D eigenvalue weighted by Gasteiger charge is 2.19. The van der Waals surface area contributed by atoms with Gasteiger partial charge in [0.1, 0.15) is 5.78 Å². The van der Waals surface area contributed by atoms with Crippen molar-refractivity contribution in [2.75, 3.05) is 13.7 Å². The van der Waals surface area contributed by atoms with Gasteiger partial charge in [0, 0.05) is 20.0 Å². The first kappa shape index (κ1) is 14.9. The summed E-state index contributed by atoms with van der Waals surface area (Å²) in [5.74, 6) is 0.537. The number of hydrogen-bond donors (Lipinski definition) is 0. The highest BCUT2D eigenvalue weighted by atomic mass is 16.5. The standard InChI is InChI=1S/C17H22O3/c1-19-17-9-5-8-15(10-16(18)11-17)13-20-12-14-6-3-2-4-7-14/h2-7,9,15,17H,8,10-13H2,1H3/b9-5-. The van der Waals surface area contributed by atoms with Gasteiger partial charge in [0.15, 0.2) is 0 Å². The van der Waals surface area contributed by atoms with E-state index in [1.165, 1.54) is 5.56 Å². The maximum absolute atomic E-state index is 11.9. The highest BCUT2D eigenvalue weighted by molar-refractivity contribution is 5.79. The summed E-state index contributed by atoms with van der Waals surface area (Å²) in [6.45, 7) is 1.23. The maximum atomic E-state index is 11.9.